The number of aromatic hydroxyl groups is 2. The van der Waals surface area contributed by atoms with Crippen molar-refractivity contribution in [1.29, 1.82) is 0 Å². The van der Waals surface area contributed by atoms with E-state index >= 15 is 0 Å². The smallest absolute Gasteiger partial charge is 0.263 e. The van der Waals surface area contributed by atoms with Crippen LogP contribution in [0.1, 0.15) is 10.4 Å². The van der Waals surface area contributed by atoms with Crippen molar-refractivity contribution in [2.45, 2.75) is 0 Å². The van der Waals surface area contributed by atoms with Crippen LogP contribution in [0.2, 0.25) is 10.0 Å². The third-order valence-corrected chi connectivity index (χ3v) is 4.03. The van der Waals surface area contributed by atoms with Crippen molar-refractivity contribution < 1.29 is 19.7 Å². The number of rotatable bonds is 4. The van der Waals surface area contributed by atoms with Gasteiger partial charge in [-0.1, -0.05) is 29.3 Å². The molecular formula is C19H13Cl2NO4. The zero-order valence-corrected chi connectivity index (χ0v) is 14.8. The van der Waals surface area contributed by atoms with E-state index in [1.807, 2.05) is 0 Å². The molecular weight excluding hydrogens is 377 g/mol. The van der Waals surface area contributed by atoms with Crippen LogP contribution in [0.3, 0.4) is 0 Å². The highest BCUT2D eigenvalue weighted by Crippen LogP contribution is 2.33. The fourth-order valence-corrected chi connectivity index (χ4v) is 2.59. The number of halogens is 2. The number of carbonyl (C=O) groups excluding carboxylic acids is 1. The van der Waals surface area contributed by atoms with E-state index in [4.69, 9.17) is 27.9 Å². The van der Waals surface area contributed by atoms with Gasteiger partial charge in [0, 0.05) is 10.7 Å². The van der Waals surface area contributed by atoms with E-state index in [-0.39, 0.29) is 22.1 Å². The molecule has 0 spiro atoms. The number of benzene rings is 3. The van der Waals surface area contributed by atoms with Crippen LogP contribution >= 0.6 is 23.2 Å². The normalized spacial score (nSPS) is 10.4. The minimum atomic E-state index is -0.664. The molecule has 5 nitrogen and oxygen atoms in total. The molecule has 0 unspecified atom stereocenters. The van der Waals surface area contributed by atoms with Gasteiger partial charge in [0.1, 0.15) is 28.6 Å². The number of nitrogens with one attached hydrogen (secondary N) is 1. The first kappa shape index (κ1) is 17.9. The van der Waals surface area contributed by atoms with E-state index in [1.54, 1.807) is 36.4 Å². The number of carbonyl (C=O) groups is 1. The maximum absolute atomic E-state index is 12.3. The largest absolute Gasteiger partial charge is 0.507 e. The first-order valence-electron chi connectivity index (χ1n) is 7.49. The Balaban J connectivity index is 1.77. The highest BCUT2D eigenvalue weighted by atomic mass is 35.5. The first-order chi connectivity index (χ1) is 12.4. The van der Waals surface area contributed by atoms with Gasteiger partial charge in [0.05, 0.1) is 5.02 Å². The van der Waals surface area contributed by atoms with Crippen molar-refractivity contribution in [1.82, 2.24) is 0 Å². The number of hydrogen-bond donors (Lipinski definition) is 3. The molecule has 0 aromatic heterocycles. The fourth-order valence-electron chi connectivity index (χ4n) is 2.25. The Kier molecular flexibility index (Phi) is 5.21. The summed E-state index contributed by atoms with van der Waals surface area (Å²) >= 11 is 12.0. The molecule has 3 rings (SSSR count). The average molecular weight is 390 g/mol. The molecule has 0 saturated carbocycles. The molecule has 7 heteroatoms. The molecule has 3 aromatic rings. The third kappa shape index (κ3) is 4.02. The summed E-state index contributed by atoms with van der Waals surface area (Å²) in [5, 5.41) is 22.9. The average Bonchev–Trinajstić information content (AvgIpc) is 2.59. The molecule has 1 amide bonds. The molecule has 3 N–H and O–H groups in total. The number of anilines is 1. The highest BCUT2D eigenvalue weighted by molar-refractivity contribution is 6.32. The summed E-state index contributed by atoms with van der Waals surface area (Å²) in [7, 11) is 0. The molecule has 0 aliphatic carbocycles. The van der Waals surface area contributed by atoms with Gasteiger partial charge in [-0.05, 0) is 54.6 Å². The van der Waals surface area contributed by atoms with Crippen molar-refractivity contribution in [3.05, 3.63) is 76.3 Å². The summed E-state index contributed by atoms with van der Waals surface area (Å²) in [6.45, 7) is 0. The summed E-state index contributed by atoms with van der Waals surface area (Å²) in [6, 6.07) is 15.5. The lowest BCUT2D eigenvalue weighted by atomic mass is 10.1. The van der Waals surface area contributed by atoms with Gasteiger partial charge in [-0.3, -0.25) is 4.79 Å². The van der Waals surface area contributed by atoms with Gasteiger partial charge in [-0.2, -0.15) is 0 Å². The van der Waals surface area contributed by atoms with Crippen molar-refractivity contribution in [2.24, 2.45) is 0 Å². The summed E-state index contributed by atoms with van der Waals surface area (Å²) in [6.07, 6.45) is 0. The summed E-state index contributed by atoms with van der Waals surface area (Å²) < 4.78 is 5.66. The molecule has 0 heterocycles. The molecule has 0 fully saturated rings. The summed E-state index contributed by atoms with van der Waals surface area (Å²) in [4.78, 5) is 12.3. The predicted molar refractivity (Wildman–Crippen MR) is 101 cm³/mol. The lowest BCUT2D eigenvalue weighted by molar-refractivity contribution is 0.102. The highest BCUT2D eigenvalue weighted by Gasteiger charge is 2.16. The van der Waals surface area contributed by atoms with Crippen LogP contribution in [-0.2, 0) is 0 Å². The van der Waals surface area contributed by atoms with Gasteiger partial charge in [0.25, 0.3) is 5.91 Å². The zero-order chi connectivity index (χ0) is 18.7. The van der Waals surface area contributed by atoms with Crippen molar-refractivity contribution >= 4 is 34.8 Å². The van der Waals surface area contributed by atoms with Gasteiger partial charge < -0.3 is 20.3 Å². The SMILES string of the molecule is O=C(Nc1ccc(Oc2ccc(Cl)cc2)c(Cl)c1)c1c(O)cccc1O. The first-order valence-corrected chi connectivity index (χ1v) is 8.25. The minimum absolute atomic E-state index is 0.217. The Morgan fingerprint density at radius 3 is 2.19 bits per heavy atom. The van der Waals surface area contributed by atoms with E-state index in [0.29, 0.717) is 22.2 Å². The molecule has 132 valence electrons. The van der Waals surface area contributed by atoms with Gasteiger partial charge >= 0.3 is 0 Å². The maximum Gasteiger partial charge on any atom is 0.263 e. The summed E-state index contributed by atoms with van der Waals surface area (Å²) in [5.41, 5.74) is 0.163. The van der Waals surface area contributed by atoms with Gasteiger partial charge in [-0.25, -0.2) is 0 Å². The Morgan fingerprint density at radius 2 is 1.58 bits per heavy atom. The van der Waals surface area contributed by atoms with E-state index < -0.39 is 5.91 Å². The van der Waals surface area contributed by atoms with E-state index in [2.05, 4.69) is 5.32 Å². The Bertz CT molecular complexity index is 938. The second-order valence-electron chi connectivity index (χ2n) is 5.33. The molecule has 0 radical (unpaired) electrons. The van der Waals surface area contributed by atoms with E-state index in [0.717, 1.165) is 0 Å². The molecule has 3 aromatic carbocycles. The van der Waals surface area contributed by atoms with Crippen LogP contribution in [0.15, 0.2) is 60.7 Å². The number of ether oxygens (including phenoxy) is 1. The summed E-state index contributed by atoms with van der Waals surface area (Å²) in [5.74, 6) is -0.347. The van der Waals surface area contributed by atoms with Crippen molar-refractivity contribution in [3.8, 4) is 23.0 Å². The standard InChI is InChI=1S/C19H13Cl2NO4/c20-11-4-7-13(8-5-11)26-17-9-6-12(10-14(17)21)22-19(25)18-15(23)2-1-3-16(18)24/h1-10,23-24H,(H,22,25). The molecule has 26 heavy (non-hydrogen) atoms. The van der Waals surface area contributed by atoms with Crippen LogP contribution in [0, 0.1) is 0 Å². The second-order valence-corrected chi connectivity index (χ2v) is 6.17. The monoisotopic (exact) mass is 389 g/mol. The van der Waals surface area contributed by atoms with E-state index in [1.165, 1.54) is 24.3 Å². The van der Waals surface area contributed by atoms with Crippen LogP contribution in [0.25, 0.3) is 0 Å². The Hall–Kier alpha value is -2.89. The van der Waals surface area contributed by atoms with Gasteiger partial charge in [0.15, 0.2) is 0 Å². The lowest BCUT2D eigenvalue weighted by Crippen LogP contribution is -2.12. The topological polar surface area (TPSA) is 78.8 Å². The zero-order valence-electron chi connectivity index (χ0n) is 13.2. The predicted octanol–water partition coefficient (Wildman–Crippen LogP) is 5.45. The van der Waals surface area contributed by atoms with Gasteiger partial charge in [0.2, 0.25) is 0 Å². The van der Waals surface area contributed by atoms with E-state index in [9.17, 15) is 15.0 Å². The maximum atomic E-state index is 12.3. The van der Waals surface area contributed by atoms with Crippen LogP contribution in [-0.4, -0.2) is 16.1 Å². The number of phenolic OH excluding ortho intramolecular Hbond substituents is 2. The quantitative estimate of drug-likeness (QED) is 0.554. The van der Waals surface area contributed by atoms with Crippen molar-refractivity contribution in [3.63, 3.8) is 0 Å². The molecule has 0 atom stereocenters. The Morgan fingerprint density at radius 1 is 0.923 bits per heavy atom. The Labute approximate surface area is 159 Å². The number of amides is 1. The van der Waals surface area contributed by atoms with Crippen molar-refractivity contribution in [2.75, 3.05) is 5.32 Å². The molecule has 0 bridgehead atoms. The third-order valence-electron chi connectivity index (χ3n) is 3.48. The second kappa shape index (κ2) is 7.56. The minimum Gasteiger partial charge on any atom is -0.507 e. The molecule has 0 aliphatic heterocycles. The number of phenols is 2. The fraction of sp³-hybridized carbons (Fsp3) is 0. The molecule has 0 saturated heterocycles. The van der Waals surface area contributed by atoms with Crippen LogP contribution in [0.5, 0.6) is 23.0 Å². The number of hydrogen-bond acceptors (Lipinski definition) is 4. The van der Waals surface area contributed by atoms with Crippen LogP contribution in [0.4, 0.5) is 5.69 Å². The lowest BCUT2D eigenvalue weighted by Gasteiger charge is -2.11. The van der Waals surface area contributed by atoms with Gasteiger partial charge in [-0.15, -0.1) is 0 Å². The molecule has 0 aliphatic rings. The van der Waals surface area contributed by atoms with Crippen LogP contribution < -0.4 is 10.1 Å².